The van der Waals surface area contributed by atoms with Crippen LogP contribution >= 0.6 is 0 Å². The van der Waals surface area contributed by atoms with Crippen LogP contribution in [0.1, 0.15) is 30.0 Å². The first-order chi connectivity index (χ1) is 12.8. The zero-order chi connectivity index (χ0) is 17.8. The van der Waals surface area contributed by atoms with Crippen LogP contribution in [0.15, 0.2) is 66.7 Å². The van der Waals surface area contributed by atoms with Crippen LogP contribution in [0.5, 0.6) is 5.75 Å². The van der Waals surface area contributed by atoms with Crippen molar-refractivity contribution in [3.63, 3.8) is 0 Å². The van der Waals surface area contributed by atoms with Gasteiger partial charge in [0, 0.05) is 18.0 Å². The summed E-state index contributed by atoms with van der Waals surface area (Å²) in [5.41, 5.74) is 2.80. The van der Waals surface area contributed by atoms with Gasteiger partial charge in [-0.2, -0.15) is 0 Å². The van der Waals surface area contributed by atoms with Gasteiger partial charge in [-0.3, -0.25) is 0 Å². The molecule has 2 N–H and O–H groups in total. The summed E-state index contributed by atoms with van der Waals surface area (Å²) in [6.45, 7) is 0.819. The number of rotatable bonds is 6. The van der Waals surface area contributed by atoms with Gasteiger partial charge in [0.15, 0.2) is 0 Å². The van der Waals surface area contributed by atoms with Gasteiger partial charge in [-0.1, -0.05) is 60.7 Å². The molecule has 3 aromatic rings. The van der Waals surface area contributed by atoms with Crippen LogP contribution in [0, 0.1) is 0 Å². The van der Waals surface area contributed by atoms with Gasteiger partial charge in [-0.05, 0) is 41.8 Å². The third-order valence-corrected chi connectivity index (χ3v) is 5.15. The first-order valence-corrected chi connectivity index (χ1v) is 9.41. The predicted molar refractivity (Wildman–Crippen MR) is 106 cm³/mol. The molecule has 2 atom stereocenters. The molecule has 3 nitrogen and oxygen atoms in total. The molecule has 1 aliphatic carbocycles. The van der Waals surface area contributed by atoms with Crippen LogP contribution in [0.2, 0.25) is 0 Å². The Morgan fingerprint density at radius 2 is 1.81 bits per heavy atom. The monoisotopic (exact) mass is 347 g/mol. The van der Waals surface area contributed by atoms with E-state index < -0.39 is 6.10 Å². The van der Waals surface area contributed by atoms with Crippen molar-refractivity contribution in [3.8, 4) is 5.75 Å². The van der Waals surface area contributed by atoms with E-state index in [0.29, 0.717) is 12.6 Å². The number of nitrogens with one attached hydrogen (secondary N) is 1. The molecule has 0 bridgehead atoms. The van der Waals surface area contributed by atoms with Crippen molar-refractivity contribution >= 4 is 10.8 Å². The third-order valence-electron chi connectivity index (χ3n) is 5.15. The topological polar surface area (TPSA) is 41.5 Å². The zero-order valence-electron chi connectivity index (χ0n) is 14.9. The average molecular weight is 347 g/mol. The fraction of sp³-hybridized carbons (Fsp3) is 0.304. The molecular formula is C23H25NO2. The number of benzene rings is 3. The van der Waals surface area contributed by atoms with Crippen molar-refractivity contribution in [1.82, 2.24) is 5.32 Å². The molecule has 134 valence electrons. The summed E-state index contributed by atoms with van der Waals surface area (Å²) in [5.74, 6) is 0.824. The Bertz CT molecular complexity index is 871. The predicted octanol–water partition coefficient (Wildman–Crippen LogP) is 4.25. The largest absolute Gasteiger partial charge is 0.490 e. The summed E-state index contributed by atoms with van der Waals surface area (Å²) in [6.07, 6.45) is 2.93. The molecule has 0 aliphatic heterocycles. The first kappa shape index (κ1) is 17.1. The average Bonchev–Trinajstić information content (AvgIpc) is 2.70. The second-order valence-corrected chi connectivity index (χ2v) is 6.99. The van der Waals surface area contributed by atoms with Gasteiger partial charge in [0.2, 0.25) is 0 Å². The van der Waals surface area contributed by atoms with Crippen molar-refractivity contribution in [2.75, 3.05) is 13.2 Å². The highest BCUT2D eigenvalue weighted by molar-refractivity contribution is 5.88. The number of aliphatic hydroxyl groups is 1. The minimum absolute atomic E-state index is 0.287. The Labute approximate surface area is 154 Å². The second-order valence-electron chi connectivity index (χ2n) is 6.99. The Morgan fingerprint density at radius 3 is 2.77 bits per heavy atom. The van der Waals surface area contributed by atoms with E-state index in [1.54, 1.807) is 0 Å². The number of hydrogen-bond donors (Lipinski definition) is 2. The maximum atomic E-state index is 10.4. The van der Waals surface area contributed by atoms with Crippen molar-refractivity contribution in [1.29, 1.82) is 0 Å². The Balaban J connectivity index is 1.34. The van der Waals surface area contributed by atoms with Crippen LogP contribution in [0.4, 0.5) is 0 Å². The van der Waals surface area contributed by atoms with Crippen molar-refractivity contribution in [2.24, 2.45) is 0 Å². The van der Waals surface area contributed by atoms with E-state index in [1.165, 1.54) is 17.5 Å². The summed E-state index contributed by atoms with van der Waals surface area (Å²) in [7, 11) is 0. The van der Waals surface area contributed by atoms with E-state index >= 15 is 0 Å². The molecule has 26 heavy (non-hydrogen) atoms. The lowest BCUT2D eigenvalue weighted by molar-refractivity contribution is 0.103. The first-order valence-electron chi connectivity index (χ1n) is 9.41. The smallest absolute Gasteiger partial charge is 0.127 e. The molecule has 3 aromatic carbocycles. The Kier molecular flexibility index (Phi) is 5.19. The van der Waals surface area contributed by atoms with Crippen LogP contribution in [-0.4, -0.2) is 24.4 Å². The van der Waals surface area contributed by atoms with E-state index in [9.17, 15) is 5.11 Å². The summed E-state index contributed by atoms with van der Waals surface area (Å²) in [4.78, 5) is 0. The molecule has 0 saturated carbocycles. The lowest BCUT2D eigenvalue weighted by Crippen LogP contribution is -2.35. The molecule has 1 aliphatic rings. The van der Waals surface area contributed by atoms with E-state index in [-0.39, 0.29) is 6.61 Å². The normalized spacial score (nSPS) is 17.7. The fourth-order valence-corrected chi connectivity index (χ4v) is 3.81. The quantitative estimate of drug-likeness (QED) is 0.700. The molecule has 1 unspecified atom stereocenters. The maximum absolute atomic E-state index is 10.4. The molecule has 0 spiro atoms. The van der Waals surface area contributed by atoms with Gasteiger partial charge in [-0.25, -0.2) is 0 Å². The molecule has 0 heterocycles. The summed E-state index contributed by atoms with van der Waals surface area (Å²) in [6, 6.07) is 23.1. The fourth-order valence-electron chi connectivity index (χ4n) is 3.81. The highest BCUT2D eigenvalue weighted by Crippen LogP contribution is 2.29. The molecule has 4 rings (SSSR count). The summed E-state index contributed by atoms with van der Waals surface area (Å²) >= 11 is 0. The van der Waals surface area contributed by atoms with Crippen molar-refractivity contribution in [3.05, 3.63) is 77.9 Å². The highest BCUT2D eigenvalue weighted by Gasteiger charge is 2.20. The molecule has 0 amide bonds. The molecule has 0 fully saturated rings. The Hall–Kier alpha value is -2.36. The van der Waals surface area contributed by atoms with Gasteiger partial charge in [0.05, 0.1) is 0 Å². The molecule has 0 aromatic heterocycles. The third kappa shape index (κ3) is 3.74. The van der Waals surface area contributed by atoms with Gasteiger partial charge in [-0.15, -0.1) is 0 Å². The SMILES string of the molecule is OC(CN[C@H]1CCCc2ccccc21)COc1cccc2ccccc12. The number of hydrogen-bond acceptors (Lipinski definition) is 3. The van der Waals surface area contributed by atoms with Crippen molar-refractivity contribution in [2.45, 2.75) is 31.4 Å². The summed E-state index contributed by atoms with van der Waals surface area (Å²) in [5, 5.41) is 16.1. The number of ether oxygens (including phenoxy) is 1. The van der Waals surface area contributed by atoms with Crippen LogP contribution < -0.4 is 10.1 Å². The second kappa shape index (κ2) is 7.90. The maximum Gasteiger partial charge on any atom is 0.127 e. The minimum atomic E-state index is -0.539. The lowest BCUT2D eigenvalue weighted by Gasteiger charge is -2.27. The number of fused-ring (bicyclic) bond motifs is 2. The minimum Gasteiger partial charge on any atom is -0.490 e. The highest BCUT2D eigenvalue weighted by atomic mass is 16.5. The summed E-state index contributed by atoms with van der Waals surface area (Å²) < 4.78 is 5.90. The van der Waals surface area contributed by atoms with Gasteiger partial charge >= 0.3 is 0 Å². The number of aryl methyl sites for hydroxylation is 1. The molecule has 0 saturated heterocycles. The lowest BCUT2D eigenvalue weighted by atomic mass is 9.88. The molecule has 3 heteroatoms. The van der Waals surface area contributed by atoms with Crippen LogP contribution in [0.25, 0.3) is 10.8 Å². The Morgan fingerprint density at radius 1 is 1.00 bits per heavy atom. The molecule has 0 radical (unpaired) electrons. The van der Waals surface area contributed by atoms with Crippen molar-refractivity contribution < 1.29 is 9.84 Å². The molecular weight excluding hydrogens is 322 g/mol. The van der Waals surface area contributed by atoms with E-state index in [1.807, 2.05) is 30.3 Å². The van der Waals surface area contributed by atoms with Gasteiger partial charge < -0.3 is 15.2 Å². The van der Waals surface area contributed by atoms with Gasteiger partial charge in [0.1, 0.15) is 18.5 Å². The number of aliphatic hydroxyl groups excluding tert-OH is 1. The van der Waals surface area contributed by atoms with Gasteiger partial charge in [0.25, 0.3) is 0 Å². The standard InChI is InChI=1S/C23H25NO2/c25-19(15-24-22-13-5-9-17-7-1-3-11-20(17)22)16-26-23-14-6-10-18-8-2-4-12-21(18)23/h1-4,6-8,10-12,14,19,22,24-25H,5,9,13,15-16H2/t19?,22-/m0/s1. The van der Waals surface area contributed by atoms with Crippen LogP contribution in [-0.2, 0) is 6.42 Å². The zero-order valence-corrected chi connectivity index (χ0v) is 14.9. The van der Waals surface area contributed by atoms with Crippen LogP contribution in [0.3, 0.4) is 0 Å². The van der Waals surface area contributed by atoms with E-state index in [4.69, 9.17) is 4.74 Å². The van der Waals surface area contributed by atoms with E-state index in [0.717, 1.165) is 29.4 Å². The van der Waals surface area contributed by atoms with E-state index in [2.05, 4.69) is 41.7 Å².